The third-order valence-electron chi connectivity index (χ3n) is 9.99. The van der Waals surface area contributed by atoms with Gasteiger partial charge in [-0.2, -0.15) is 0 Å². The maximum atomic E-state index is 13.7. The molecule has 2 aliphatic rings. The van der Waals surface area contributed by atoms with Crippen LogP contribution in [0.3, 0.4) is 0 Å². The molecule has 1 aliphatic carbocycles. The van der Waals surface area contributed by atoms with Crippen LogP contribution in [-0.2, 0) is 30.2 Å². The van der Waals surface area contributed by atoms with Gasteiger partial charge >= 0.3 is 13.2 Å². The zero-order valence-electron chi connectivity index (χ0n) is 29.6. The lowest BCUT2D eigenvalue weighted by Crippen LogP contribution is -2.61. The maximum absolute atomic E-state index is 13.7. The second-order valence-electron chi connectivity index (χ2n) is 15.3. The quantitative estimate of drug-likeness (QED) is 0.191. The number of carbonyl (C=O) groups excluding carboxylic acids is 3. The summed E-state index contributed by atoms with van der Waals surface area (Å²) in [5, 5.41) is 2.98. The molecule has 2 aromatic carbocycles. The predicted molar refractivity (Wildman–Crippen MR) is 185 cm³/mol. The average molecular weight is 648 g/mol. The second-order valence-corrected chi connectivity index (χ2v) is 15.3. The van der Waals surface area contributed by atoms with Gasteiger partial charge in [-0.1, -0.05) is 67.4 Å². The molecule has 3 amide bonds. The van der Waals surface area contributed by atoms with Gasteiger partial charge < -0.3 is 30.0 Å². The van der Waals surface area contributed by atoms with E-state index in [4.69, 9.17) is 19.8 Å². The molecule has 47 heavy (non-hydrogen) atoms. The van der Waals surface area contributed by atoms with Crippen LogP contribution < -0.4 is 11.1 Å². The largest absolute Gasteiger partial charge is 0.457 e. The van der Waals surface area contributed by atoms with Crippen molar-refractivity contribution in [2.45, 2.75) is 135 Å². The Labute approximate surface area is 281 Å². The summed E-state index contributed by atoms with van der Waals surface area (Å²) in [7, 11) is -0.330. The molecule has 10 heteroatoms. The fraction of sp³-hybridized carbons (Fsp3) is 0.595. The van der Waals surface area contributed by atoms with Gasteiger partial charge in [0.05, 0.1) is 11.2 Å². The van der Waals surface area contributed by atoms with Gasteiger partial charge in [0.2, 0.25) is 11.8 Å². The highest BCUT2D eigenvalue weighted by Crippen LogP contribution is 2.42. The van der Waals surface area contributed by atoms with Gasteiger partial charge in [0.25, 0.3) is 0 Å². The molecule has 9 nitrogen and oxygen atoms in total. The molecule has 0 radical (unpaired) electrons. The normalized spacial score (nSPS) is 21.6. The third kappa shape index (κ3) is 8.96. The summed E-state index contributed by atoms with van der Waals surface area (Å²) in [6.45, 7) is 15.4. The summed E-state index contributed by atoms with van der Waals surface area (Å²) in [6.07, 6.45) is 3.87. The zero-order chi connectivity index (χ0) is 34.6. The molecule has 4 rings (SSSR count). The molecule has 1 aliphatic heterocycles. The van der Waals surface area contributed by atoms with Crippen LogP contribution in [-0.4, -0.2) is 58.3 Å². The van der Waals surface area contributed by atoms with Crippen LogP contribution in [0.15, 0.2) is 54.6 Å². The van der Waals surface area contributed by atoms with Crippen molar-refractivity contribution in [2.75, 3.05) is 0 Å². The number of unbranched alkanes of at least 4 members (excludes halogenated alkanes) is 1. The number of nitrogens with two attached hydrogens (primary N) is 1. The molecule has 1 saturated heterocycles. The lowest BCUT2D eigenvalue weighted by molar-refractivity contribution is -0.133. The molecule has 0 aromatic heterocycles. The predicted octanol–water partition coefficient (Wildman–Crippen LogP) is 6.88. The number of nitrogens with zero attached hydrogens (tertiary/aromatic N) is 1. The Morgan fingerprint density at radius 1 is 0.936 bits per heavy atom. The van der Waals surface area contributed by atoms with Gasteiger partial charge in [-0.25, -0.2) is 4.79 Å². The van der Waals surface area contributed by atoms with Crippen LogP contribution in [0.2, 0.25) is 6.32 Å². The van der Waals surface area contributed by atoms with Crippen molar-refractivity contribution in [1.82, 2.24) is 10.2 Å². The number of carbonyl (C=O) groups is 3. The van der Waals surface area contributed by atoms with Crippen molar-refractivity contribution in [2.24, 2.45) is 11.7 Å². The number of primary amides is 1. The highest BCUT2D eigenvalue weighted by molar-refractivity contribution is 6.45. The van der Waals surface area contributed by atoms with E-state index in [9.17, 15) is 14.4 Å². The van der Waals surface area contributed by atoms with E-state index in [1.165, 1.54) is 6.92 Å². The molecular weight excluding hydrogens is 593 g/mol. The van der Waals surface area contributed by atoms with Gasteiger partial charge in [0.15, 0.2) is 0 Å². The zero-order valence-corrected chi connectivity index (χ0v) is 29.6. The number of ether oxygens (including phenoxy) is 1. The summed E-state index contributed by atoms with van der Waals surface area (Å²) in [6, 6.07) is 18.2. The van der Waals surface area contributed by atoms with Gasteiger partial charge in [0, 0.05) is 19.5 Å². The Hall–Kier alpha value is -3.37. The summed E-state index contributed by atoms with van der Waals surface area (Å²) < 4.78 is 18.2. The minimum atomic E-state index is -1.23. The topological polar surface area (TPSA) is 120 Å². The highest BCUT2D eigenvalue weighted by atomic mass is 16.7. The Bertz CT molecular complexity index is 1380. The number of hydrogen-bond donors (Lipinski definition) is 2. The van der Waals surface area contributed by atoms with E-state index in [1.807, 2.05) is 78.8 Å². The Morgan fingerprint density at radius 2 is 1.53 bits per heavy atom. The molecule has 2 fully saturated rings. The molecule has 1 saturated carbocycles. The summed E-state index contributed by atoms with van der Waals surface area (Å²) in [4.78, 5) is 41.2. The third-order valence-corrected chi connectivity index (χ3v) is 9.99. The van der Waals surface area contributed by atoms with Crippen molar-refractivity contribution < 1.29 is 28.4 Å². The Balaban J connectivity index is 1.49. The summed E-state index contributed by atoms with van der Waals surface area (Å²) >= 11 is 0. The van der Waals surface area contributed by atoms with Crippen LogP contribution >= 0.6 is 0 Å². The fourth-order valence-electron chi connectivity index (χ4n) is 6.85. The SMILES string of the molecule is CC(=O)NC(CCCCB1OC(C)(C)C(C)(C)O1)(C(N)=O)[C@@H]1CC[C@H](N(Cc2ccc(-c3ccccc3)cc2)C(=O)OC(C)(C)C)C1. The fourth-order valence-corrected chi connectivity index (χ4v) is 6.85. The number of rotatable bonds is 12. The first-order valence-electron chi connectivity index (χ1n) is 17.0. The van der Waals surface area contributed by atoms with E-state index in [2.05, 4.69) is 29.6 Å². The van der Waals surface area contributed by atoms with E-state index >= 15 is 0 Å². The molecule has 0 spiro atoms. The summed E-state index contributed by atoms with van der Waals surface area (Å²) in [5.41, 5.74) is 6.60. The van der Waals surface area contributed by atoms with Crippen LogP contribution in [0.4, 0.5) is 4.79 Å². The van der Waals surface area contributed by atoms with Gasteiger partial charge in [-0.3, -0.25) is 9.59 Å². The minimum absolute atomic E-state index is 0.194. The number of benzene rings is 2. The second kappa shape index (κ2) is 14.4. The van der Waals surface area contributed by atoms with Crippen molar-refractivity contribution in [3.63, 3.8) is 0 Å². The molecular formula is C37H54BN3O6. The Kier molecular flexibility index (Phi) is 11.2. The van der Waals surface area contributed by atoms with Crippen LogP contribution in [0, 0.1) is 5.92 Å². The smallest absolute Gasteiger partial charge is 0.444 e. The van der Waals surface area contributed by atoms with E-state index in [0.717, 1.165) is 23.1 Å². The van der Waals surface area contributed by atoms with E-state index < -0.39 is 34.3 Å². The van der Waals surface area contributed by atoms with Gasteiger partial charge in [-0.05, 0) is 103 Å². The maximum Gasteiger partial charge on any atom is 0.457 e. The van der Waals surface area contributed by atoms with Crippen molar-refractivity contribution >= 4 is 25.0 Å². The lowest BCUT2D eigenvalue weighted by atomic mass is 9.75. The number of hydrogen-bond acceptors (Lipinski definition) is 6. The highest BCUT2D eigenvalue weighted by Gasteiger charge is 2.51. The molecule has 1 heterocycles. The van der Waals surface area contributed by atoms with Gasteiger partial charge in [0.1, 0.15) is 11.1 Å². The number of nitrogens with one attached hydrogen (secondary N) is 1. The molecule has 3 N–H and O–H groups in total. The average Bonchev–Trinajstić information content (AvgIpc) is 3.54. The minimum Gasteiger partial charge on any atom is -0.444 e. The molecule has 0 bridgehead atoms. The van der Waals surface area contributed by atoms with Gasteiger partial charge in [-0.15, -0.1) is 0 Å². The first-order valence-corrected chi connectivity index (χ1v) is 17.0. The first-order chi connectivity index (χ1) is 21.9. The first kappa shape index (κ1) is 36.5. The van der Waals surface area contributed by atoms with Crippen LogP contribution in [0.1, 0.15) is 99.5 Å². The molecule has 256 valence electrons. The lowest BCUT2D eigenvalue weighted by Gasteiger charge is -2.38. The van der Waals surface area contributed by atoms with Crippen LogP contribution in [0.25, 0.3) is 11.1 Å². The number of amides is 3. The summed E-state index contributed by atoms with van der Waals surface area (Å²) in [5.74, 6) is -1.09. The standard InChI is InChI=1S/C37H54BN3O6/c1-26(42)40-37(32(39)43,22-12-13-23-38-46-35(5,6)36(7,8)47-38)30-20-21-31(24-30)41(33(44)45-34(2,3)4)25-27-16-18-29(19-17-27)28-14-10-9-11-15-28/h9-11,14-19,30-31H,12-13,20-25H2,1-8H3,(H2,39,43)(H,40,42)/t30-,31+,37?/m1/s1. The van der Waals surface area contributed by atoms with Crippen molar-refractivity contribution in [3.8, 4) is 11.1 Å². The molecule has 3 atom stereocenters. The van der Waals surface area contributed by atoms with E-state index in [0.29, 0.717) is 45.0 Å². The van der Waals surface area contributed by atoms with Crippen molar-refractivity contribution in [3.05, 3.63) is 60.2 Å². The van der Waals surface area contributed by atoms with Crippen molar-refractivity contribution in [1.29, 1.82) is 0 Å². The van der Waals surface area contributed by atoms with E-state index in [-0.39, 0.29) is 25.0 Å². The monoisotopic (exact) mass is 647 g/mol. The van der Waals surface area contributed by atoms with E-state index in [1.54, 1.807) is 4.90 Å². The molecule has 2 aromatic rings. The van der Waals surface area contributed by atoms with Crippen LogP contribution in [0.5, 0.6) is 0 Å². The Morgan fingerprint density at radius 3 is 2.09 bits per heavy atom. The molecule has 1 unspecified atom stereocenters.